The summed E-state index contributed by atoms with van der Waals surface area (Å²) in [6, 6.07) is 42.8. The van der Waals surface area contributed by atoms with E-state index >= 15 is 0 Å². The Bertz CT molecular complexity index is 3540. The average molecular weight is 857 g/mol. The van der Waals surface area contributed by atoms with Gasteiger partial charge in [-0.1, -0.05) is 48.5 Å². The van der Waals surface area contributed by atoms with Crippen molar-refractivity contribution in [2.75, 3.05) is 11.6 Å². The first kappa shape index (κ1) is 42.1. The van der Waals surface area contributed by atoms with Crippen LogP contribution in [0.5, 0.6) is 0 Å². The van der Waals surface area contributed by atoms with Crippen molar-refractivity contribution in [1.82, 2.24) is 39.9 Å². The number of pyridine rings is 4. The van der Waals surface area contributed by atoms with Crippen LogP contribution in [0, 0.1) is 22.7 Å². The van der Waals surface area contributed by atoms with Crippen LogP contribution in [0.15, 0.2) is 164 Å². The summed E-state index contributed by atoms with van der Waals surface area (Å²) in [7, 11) is -3.41. The number of sulfone groups is 1. The molecule has 10 rings (SSSR count). The van der Waals surface area contributed by atoms with Crippen molar-refractivity contribution >= 4 is 59.4 Å². The van der Waals surface area contributed by atoms with Crippen LogP contribution < -0.4 is 11.1 Å². The minimum absolute atomic E-state index is 0.165. The Hall–Kier alpha value is -8.63. The molecule has 0 aliphatic carbocycles. The smallest absolute Gasteiger partial charge is 0.247 e. The monoisotopic (exact) mass is 856 g/mol. The summed E-state index contributed by atoms with van der Waals surface area (Å²) in [6.45, 7) is 1.08. The van der Waals surface area contributed by atoms with Gasteiger partial charge in [-0.2, -0.15) is 10.5 Å². The van der Waals surface area contributed by atoms with Crippen molar-refractivity contribution in [3.63, 3.8) is 0 Å². The highest BCUT2D eigenvalue weighted by Crippen LogP contribution is 2.24. The normalized spacial score (nSPS) is 10.9. The molecule has 6 aromatic heterocycles. The van der Waals surface area contributed by atoms with Crippen LogP contribution in [-0.2, 0) is 22.9 Å². The van der Waals surface area contributed by atoms with Gasteiger partial charge in [0.2, 0.25) is 20.9 Å². The summed E-state index contributed by atoms with van der Waals surface area (Å²) < 4.78 is 23.0. The van der Waals surface area contributed by atoms with E-state index in [1.165, 1.54) is 6.20 Å². The Morgan fingerprint density at radius 1 is 0.547 bits per heavy atom. The Balaban J connectivity index is 0.000000142. The second-order valence-corrected chi connectivity index (χ2v) is 16.3. The van der Waals surface area contributed by atoms with Gasteiger partial charge in [0.1, 0.15) is 12.1 Å². The van der Waals surface area contributed by atoms with Crippen molar-refractivity contribution in [3.05, 3.63) is 181 Å². The maximum atomic E-state index is 11.5. The van der Waals surface area contributed by atoms with Crippen LogP contribution in [0.1, 0.15) is 22.3 Å². The van der Waals surface area contributed by atoms with Crippen LogP contribution in [0.25, 0.3) is 66.1 Å². The van der Waals surface area contributed by atoms with Crippen LogP contribution >= 0.6 is 0 Å². The van der Waals surface area contributed by atoms with Gasteiger partial charge in [-0.05, 0) is 83.9 Å². The number of anilines is 1. The molecule has 0 fully saturated rings. The van der Waals surface area contributed by atoms with Crippen LogP contribution in [0.2, 0.25) is 0 Å². The van der Waals surface area contributed by atoms with E-state index in [2.05, 4.69) is 63.4 Å². The lowest BCUT2D eigenvalue weighted by Crippen LogP contribution is -2.04. The van der Waals surface area contributed by atoms with E-state index in [-0.39, 0.29) is 5.16 Å². The molecule has 0 atom stereocenters. The van der Waals surface area contributed by atoms with E-state index in [4.69, 9.17) is 16.3 Å². The zero-order valence-electron chi connectivity index (χ0n) is 34.2. The molecular formula is C49H36N12O2S. The highest BCUT2D eigenvalue weighted by atomic mass is 32.2. The summed E-state index contributed by atoms with van der Waals surface area (Å²) in [6.07, 6.45) is 11.0. The largest absolute Gasteiger partial charge is 0.350 e. The van der Waals surface area contributed by atoms with E-state index in [1.54, 1.807) is 37.1 Å². The van der Waals surface area contributed by atoms with Crippen molar-refractivity contribution in [1.29, 1.82) is 10.5 Å². The molecule has 64 heavy (non-hydrogen) atoms. The van der Waals surface area contributed by atoms with Gasteiger partial charge in [0, 0.05) is 89.2 Å². The lowest BCUT2D eigenvalue weighted by Gasteiger charge is -2.08. The number of nitrogens with zero attached hydrogens (tertiary/aromatic N) is 10. The average Bonchev–Trinajstić information content (AvgIpc) is 3.35. The zero-order valence-corrected chi connectivity index (χ0v) is 35.0. The molecule has 0 aliphatic heterocycles. The summed E-state index contributed by atoms with van der Waals surface area (Å²) in [5.41, 5.74) is 15.6. The lowest BCUT2D eigenvalue weighted by atomic mass is 10.1. The topological polar surface area (TPSA) is 223 Å². The number of nitrogens with one attached hydrogen (secondary N) is 1. The molecule has 310 valence electrons. The first-order valence-corrected chi connectivity index (χ1v) is 21.6. The minimum atomic E-state index is -3.41. The summed E-state index contributed by atoms with van der Waals surface area (Å²) in [5, 5.41) is 24.8. The second kappa shape index (κ2) is 19.0. The van der Waals surface area contributed by atoms with Gasteiger partial charge in [0.15, 0.2) is 0 Å². The number of benzene rings is 4. The molecule has 3 N–H and O–H groups in total. The molecule has 0 spiro atoms. The highest BCUT2D eigenvalue weighted by molar-refractivity contribution is 7.90. The first-order valence-electron chi connectivity index (χ1n) is 19.7. The Labute approximate surface area is 367 Å². The minimum Gasteiger partial charge on any atom is -0.350 e. The molecule has 0 unspecified atom stereocenters. The molecule has 0 bridgehead atoms. The Kier molecular flexibility index (Phi) is 12.5. The van der Waals surface area contributed by atoms with Gasteiger partial charge in [-0.25, -0.2) is 28.4 Å². The maximum absolute atomic E-state index is 11.5. The number of rotatable bonds is 7. The second-order valence-electron chi connectivity index (χ2n) is 14.4. The predicted octanol–water partition coefficient (Wildman–Crippen LogP) is 8.38. The molecule has 0 saturated heterocycles. The van der Waals surface area contributed by atoms with Gasteiger partial charge >= 0.3 is 0 Å². The van der Waals surface area contributed by atoms with E-state index in [1.807, 2.05) is 109 Å². The molecule has 10 aromatic rings. The SMILES string of the molecule is CS(=O)(=O)c1nccc(-c2ccc3ncccc3c2)n1.N#Cc1cnc2cc(CN)ccc2c1.N#Cc1cnc2cc(CNc3nccc(-c4ccc5ncccc5c4)n3)ccc2c1. The maximum Gasteiger partial charge on any atom is 0.247 e. The van der Waals surface area contributed by atoms with Crippen molar-refractivity contribution < 1.29 is 8.42 Å². The predicted molar refractivity (Wildman–Crippen MR) is 247 cm³/mol. The lowest BCUT2D eigenvalue weighted by molar-refractivity contribution is 0.593. The summed E-state index contributed by atoms with van der Waals surface area (Å²) in [4.78, 5) is 34.0. The molecule has 0 radical (unpaired) electrons. The van der Waals surface area contributed by atoms with Gasteiger partial charge in [-0.3, -0.25) is 19.9 Å². The Morgan fingerprint density at radius 3 is 1.64 bits per heavy atom. The Morgan fingerprint density at radius 2 is 1.08 bits per heavy atom. The van der Waals surface area contributed by atoms with Crippen molar-refractivity contribution in [2.45, 2.75) is 18.2 Å². The van der Waals surface area contributed by atoms with E-state index in [0.717, 1.165) is 77.8 Å². The fraction of sp³-hybridized carbons (Fsp3) is 0.0612. The number of nitriles is 2. The third-order valence-electron chi connectivity index (χ3n) is 9.86. The van der Waals surface area contributed by atoms with Crippen molar-refractivity contribution in [2.24, 2.45) is 5.73 Å². The molecule has 6 heterocycles. The van der Waals surface area contributed by atoms with Crippen LogP contribution in [0.3, 0.4) is 0 Å². The number of fused-ring (bicyclic) bond motifs is 4. The molecule has 14 nitrogen and oxygen atoms in total. The fourth-order valence-electron chi connectivity index (χ4n) is 6.63. The summed E-state index contributed by atoms with van der Waals surface area (Å²) >= 11 is 0. The highest BCUT2D eigenvalue weighted by Gasteiger charge is 2.12. The number of hydrogen-bond acceptors (Lipinski definition) is 14. The molecule has 0 aliphatic rings. The number of nitrogens with two attached hydrogens (primary N) is 1. The molecule has 0 amide bonds. The molecule has 4 aromatic carbocycles. The van der Waals surface area contributed by atoms with Gasteiger partial charge in [0.05, 0.1) is 44.6 Å². The molecule has 0 saturated carbocycles. The number of hydrogen-bond donors (Lipinski definition) is 2. The zero-order chi connectivity index (χ0) is 44.5. The first-order chi connectivity index (χ1) is 31.1. The quantitative estimate of drug-likeness (QED) is 0.144. The number of aromatic nitrogens is 8. The van der Waals surface area contributed by atoms with E-state index in [9.17, 15) is 8.42 Å². The third kappa shape index (κ3) is 10.1. The van der Waals surface area contributed by atoms with Gasteiger partial charge in [0.25, 0.3) is 0 Å². The van der Waals surface area contributed by atoms with Crippen LogP contribution in [-0.4, -0.2) is 54.5 Å². The fourth-order valence-corrected chi connectivity index (χ4v) is 7.15. The summed E-state index contributed by atoms with van der Waals surface area (Å²) in [5.74, 6) is 0.562. The molecular weight excluding hydrogens is 821 g/mol. The van der Waals surface area contributed by atoms with Crippen LogP contribution in [0.4, 0.5) is 5.95 Å². The third-order valence-corrected chi connectivity index (χ3v) is 10.7. The van der Waals surface area contributed by atoms with Crippen molar-refractivity contribution in [3.8, 4) is 34.7 Å². The van der Waals surface area contributed by atoms with E-state index in [0.29, 0.717) is 35.9 Å². The van der Waals surface area contributed by atoms with Gasteiger partial charge in [-0.15, -0.1) is 0 Å². The standard InChI is InChI=1S/C24H16N6.C14H11N3O2S.C11H9N3/c25-13-17-10-19-4-3-16(11-23(19)28-15-17)14-29-24-27-9-7-22(30-24)20-5-6-21-18(12-20)2-1-8-26-21;1-20(18,19)14-16-8-6-13(17-14)11-4-5-12-10(9-11)3-2-7-15-12;12-5-8-1-2-10-3-9(6-13)7-14-11(10)4-8/h1-12,15H,14H2,(H,27,29,30);2-9H,1H3;1-4,7H,5,12H2. The molecule has 15 heteroatoms. The van der Waals surface area contributed by atoms with Gasteiger partial charge < -0.3 is 11.1 Å². The van der Waals surface area contributed by atoms with E-state index < -0.39 is 9.84 Å².